The predicted octanol–water partition coefficient (Wildman–Crippen LogP) is 1.82. The van der Waals surface area contributed by atoms with Crippen LogP contribution in [0.5, 0.6) is 0 Å². The number of hydrogen-bond acceptors (Lipinski definition) is 8. The van der Waals surface area contributed by atoms with Crippen LogP contribution < -0.4 is 11.2 Å². The molecule has 32 heavy (non-hydrogen) atoms. The maximum atomic E-state index is 13.0. The molecule has 0 bridgehead atoms. The Hall–Kier alpha value is -3.24. The molecule has 10 heteroatoms. The first-order valence-corrected chi connectivity index (χ1v) is 10.4. The monoisotopic (exact) mass is 446 g/mol. The highest BCUT2D eigenvalue weighted by molar-refractivity contribution is 5.89. The molecular weight excluding hydrogens is 420 g/mol. The highest BCUT2D eigenvalue weighted by Gasteiger charge is 2.41. The maximum Gasteiger partial charge on any atom is 0.338 e. The minimum Gasteiger partial charge on any atom is -0.454 e. The molecular formula is C22H26N2O8. The van der Waals surface area contributed by atoms with Crippen molar-refractivity contribution in [3.63, 3.8) is 0 Å². The lowest BCUT2D eigenvalue weighted by molar-refractivity contribution is -0.180. The van der Waals surface area contributed by atoms with Gasteiger partial charge in [-0.25, -0.2) is 14.2 Å². The first-order valence-electron chi connectivity index (χ1n) is 10.4. The normalized spacial score (nSPS) is 20.1. The van der Waals surface area contributed by atoms with Crippen molar-refractivity contribution in [2.24, 2.45) is 0 Å². The third-order valence-corrected chi connectivity index (χ3v) is 4.83. The van der Waals surface area contributed by atoms with E-state index in [0.717, 1.165) is 22.0 Å². The summed E-state index contributed by atoms with van der Waals surface area (Å²) < 4.78 is 23.9. The molecule has 1 saturated heterocycles. The van der Waals surface area contributed by atoms with Crippen LogP contribution in [-0.4, -0.2) is 40.1 Å². The van der Waals surface area contributed by atoms with Crippen LogP contribution in [0.4, 0.5) is 0 Å². The molecule has 172 valence electrons. The number of unbranched alkanes of at least 4 members (excludes halogenated alkanes) is 1. The number of ether oxygens (including phenoxy) is 4. The average Bonchev–Trinajstić information content (AvgIpc) is 3.14. The van der Waals surface area contributed by atoms with Gasteiger partial charge in [0.1, 0.15) is 6.73 Å². The summed E-state index contributed by atoms with van der Waals surface area (Å²) in [6, 6.07) is 9.54. The van der Waals surface area contributed by atoms with Crippen molar-refractivity contribution in [2.75, 3.05) is 6.61 Å². The molecule has 0 aliphatic carbocycles. The van der Waals surface area contributed by atoms with Crippen molar-refractivity contribution in [3.05, 3.63) is 69.0 Å². The minimum atomic E-state index is -1.10. The van der Waals surface area contributed by atoms with Crippen LogP contribution in [0.25, 0.3) is 0 Å². The predicted molar refractivity (Wildman–Crippen MR) is 112 cm³/mol. The fraction of sp³-hybridized carbons (Fsp3) is 0.455. The molecule has 1 unspecified atom stereocenters. The number of nitrogens with zero attached hydrogens (tertiary/aromatic N) is 2. The Labute approximate surface area is 184 Å². The van der Waals surface area contributed by atoms with Gasteiger partial charge in [0, 0.05) is 25.8 Å². The summed E-state index contributed by atoms with van der Waals surface area (Å²) in [5, 5.41) is 0. The Balaban J connectivity index is 1.86. The summed E-state index contributed by atoms with van der Waals surface area (Å²) >= 11 is 0. The fourth-order valence-electron chi connectivity index (χ4n) is 3.24. The fourth-order valence-corrected chi connectivity index (χ4v) is 3.24. The largest absolute Gasteiger partial charge is 0.454 e. The third-order valence-electron chi connectivity index (χ3n) is 4.83. The number of carbonyl (C=O) groups is 2. The Kier molecular flexibility index (Phi) is 7.96. The molecule has 0 radical (unpaired) electrons. The Bertz CT molecular complexity index is 1050. The van der Waals surface area contributed by atoms with Gasteiger partial charge in [-0.3, -0.25) is 14.2 Å². The second kappa shape index (κ2) is 10.9. The molecule has 2 heterocycles. The van der Waals surface area contributed by atoms with Crippen molar-refractivity contribution in [1.29, 1.82) is 0 Å². The maximum absolute atomic E-state index is 13.0. The van der Waals surface area contributed by atoms with Gasteiger partial charge in [-0.05, 0) is 18.6 Å². The molecule has 0 N–H and O–H groups in total. The molecule has 3 rings (SSSR count). The van der Waals surface area contributed by atoms with Gasteiger partial charge in [-0.15, -0.1) is 0 Å². The topological polar surface area (TPSA) is 115 Å². The van der Waals surface area contributed by atoms with E-state index in [2.05, 4.69) is 0 Å². The van der Waals surface area contributed by atoms with Crippen LogP contribution in [0.3, 0.4) is 0 Å². The lowest BCUT2D eigenvalue weighted by atomic mass is 10.2. The van der Waals surface area contributed by atoms with E-state index < -0.39 is 41.8 Å². The van der Waals surface area contributed by atoms with E-state index in [1.807, 2.05) is 6.92 Å². The molecule has 1 aromatic carbocycles. The van der Waals surface area contributed by atoms with Crippen LogP contribution in [0.15, 0.2) is 52.2 Å². The second-order valence-electron chi connectivity index (χ2n) is 7.27. The van der Waals surface area contributed by atoms with E-state index in [4.69, 9.17) is 18.9 Å². The molecule has 0 saturated carbocycles. The zero-order chi connectivity index (χ0) is 23.1. The van der Waals surface area contributed by atoms with Crippen LogP contribution in [0.1, 0.15) is 49.7 Å². The van der Waals surface area contributed by atoms with Gasteiger partial charge >= 0.3 is 17.6 Å². The van der Waals surface area contributed by atoms with Crippen molar-refractivity contribution in [1.82, 2.24) is 9.13 Å². The lowest BCUT2D eigenvalue weighted by Gasteiger charge is -2.21. The van der Waals surface area contributed by atoms with E-state index >= 15 is 0 Å². The number of carbonyl (C=O) groups excluding carboxylic acids is 2. The molecule has 2 aromatic rings. The Morgan fingerprint density at radius 3 is 2.56 bits per heavy atom. The van der Waals surface area contributed by atoms with Gasteiger partial charge in [0.2, 0.25) is 6.29 Å². The van der Waals surface area contributed by atoms with Gasteiger partial charge < -0.3 is 18.9 Å². The van der Waals surface area contributed by atoms with Crippen molar-refractivity contribution >= 4 is 11.9 Å². The molecule has 10 nitrogen and oxygen atoms in total. The van der Waals surface area contributed by atoms with E-state index in [-0.39, 0.29) is 13.2 Å². The van der Waals surface area contributed by atoms with E-state index in [1.165, 1.54) is 19.2 Å². The first-order chi connectivity index (χ1) is 15.4. The summed E-state index contributed by atoms with van der Waals surface area (Å²) in [6.07, 6.45) is -0.0459. The van der Waals surface area contributed by atoms with Gasteiger partial charge in [0.15, 0.2) is 12.3 Å². The molecule has 0 amide bonds. The summed E-state index contributed by atoms with van der Waals surface area (Å²) in [5.74, 6) is -1.19. The lowest BCUT2D eigenvalue weighted by Crippen LogP contribution is -2.43. The van der Waals surface area contributed by atoms with Gasteiger partial charge in [-0.1, -0.05) is 31.5 Å². The zero-order valence-electron chi connectivity index (χ0n) is 18.0. The minimum absolute atomic E-state index is 0.0292. The summed E-state index contributed by atoms with van der Waals surface area (Å²) in [4.78, 5) is 49.1. The Morgan fingerprint density at radius 1 is 1.12 bits per heavy atom. The summed E-state index contributed by atoms with van der Waals surface area (Å²) in [5.41, 5.74) is -0.901. The highest BCUT2D eigenvalue weighted by atomic mass is 16.7. The number of esters is 2. The van der Waals surface area contributed by atoms with Crippen LogP contribution >= 0.6 is 0 Å². The van der Waals surface area contributed by atoms with Crippen molar-refractivity contribution < 1.29 is 28.5 Å². The number of hydrogen-bond donors (Lipinski definition) is 0. The van der Waals surface area contributed by atoms with E-state index in [0.29, 0.717) is 12.2 Å². The highest BCUT2D eigenvalue weighted by Crippen LogP contribution is 2.31. The Morgan fingerprint density at radius 2 is 1.88 bits per heavy atom. The molecule has 1 fully saturated rings. The summed E-state index contributed by atoms with van der Waals surface area (Å²) in [7, 11) is 0. The van der Waals surface area contributed by atoms with E-state index in [9.17, 15) is 19.2 Å². The van der Waals surface area contributed by atoms with Crippen LogP contribution in [0.2, 0.25) is 0 Å². The first kappa shape index (κ1) is 23.4. The summed E-state index contributed by atoms with van der Waals surface area (Å²) in [6.45, 7) is 3.41. The number of aromatic nitrogens is 2. The van der Waals surface area contributed by atoms with E-state index in [1.54, 1.807) is 30.3 Å². The number of benzene rings is 1. The standard InChI is InChI=1S/C22H26N2O8/c1-3-4-12-29-14-24-18(26)10-11-23(22(24)28)20-17(13-19(32-20)30-15(2)25)31-21(27)16-8-6-5-7-9-16/h5-11,17,19-20H,3-4,12-14H2,1-2H3/t17?,19-,20+/m0/s1. The molecule has 0 spiro atoms. The zero-order valence-corrected chi connectivity index (χ0v) is 18.0. The smallest absolute Gasteiger partial charge is 0.338 e. The van der Waals surface area contributed by atoms with Crippen LogP contribution in [0, 0.1) is 0 Å². The van der Waals surface area contributed by atoms with Gasteiger partial charge in [-0.2, -0.15) is 0 Å². The molecule has 3 atom stereocenters. The molecule has 1 aliphatic heterocycles. The number of rotatable bonds is 9. The van der Waals surface area contributed by atoms with Crippen molar-refractivity contribution in [3.8, 4) is 0 Å². The third kappa shape index (κ3) is 5.71. The quantitative estimate of drug-likeness (QED) is 0.423. The van der Waals surface area contributed by atoms with Gasteiger partial charge in [0.25, 0.3) is 5.56 Å². The van der Waals surface area contributed by atoms with Gasteiger partial charge in [0.05, 0.1) is 12.0 Å². The van der Waals surface area contributed by atoms with Crippen LogP contribution in [-0.2, 0) is 30.5 Å². The average molecular weight is 446 g/mol. The second-order valence-corrected chi connectivity index (χ2v) is 7.27. The SMILES string of the molecule is CCCCOCn1c(=O)ccn([C@@H]2O[C@H](OC(C)=O)CC2OC(=O)c2ccccc2)c1=O. The molecule has 1 aliphatic rings. The van der Waals surface area contributed by atoms with Crippen molar-refractivity contribution in [2.45, 2.75) is 58.5 Å². The molecule has 1 aromatic heterocycles.